The van der Waals surface area contributed by atoms with Crippen LogP contribution in [0.5, 0.6) is 0 Å². The molecule has 5 nitrogen and oxygen atoms in total. The normalized spacial score (nSPS) is 17.1. The van der Waals surface area contributed by atoms with Crippen molar-refractivity contribution in [1.29, 1.82) is 0 Å². The van der Waals surface area contributed by atoms with Crippen molar-refractivity contribution in [2.75, 3.05) is 12.3 Å². The van der Waals surface area contributed by atoms with Crippen LogP contribution in [-0.4, -0.2) is 28.2 Å². The summed E-state index contributed by atoms with van der Waals surface area (Å²) in [6, 6.07) is 2.10. The van der Waals surface area contributed by atoms with Gasteiger partial charge >= 0.3 is 0 Å². The Morgan fingerprint density at radius 2 is 2.44 bits per heavy atom. The largest absolute Gasteiger partial charge is 0.397 e. The van der Waals surface area contributed by atoms with Crippen LogP contribution in [0.1, 0.15) is 36.3 Å². The summed E-state index contributed by atoms with van der Waals surface area (Å²) in [6.45, 7) is 1.89. The Morgan fingerprint density at radius 1 is 1.75 bits per heavy atom. The number of nitrogens with one attached hydrogen (secondary N) is 1. The molecule has 2 rings (SSSR count). The van der Waals surface area contributed by atoms with E-state index in [1.807, 2.05) is 4.57 Å². The number of carbonyl (C=O) groups excluding carboxylic acids is 1. The predicted octanol–water partition coefficient (Wildman–Crippen LogP) is 0.516. The number of nitrogen functional groups attached to an aromatic ring is 1. The van der Waals surface area contributed by atoms with E-state index in [4.69, 9.17) is 10.8 Å². The number of aromatic nitrogens is 1. The first-order valence-corrected chi connectivity index (χ1v) is 5.51. The molecule has 0 spiro atoms. The van der Waals surface area contributed by atoms with Gasteiger partial charge in [0, 0.05) is 18.8 Å². The second kappa shape index (κ2) is 4.17. The van der Waals surface area contributed by atoms with Gasteiger partial charge in [-0.15, -0.1) is 0 Å². The van der Waals surface area contributed by atoms with Gasteiger partial charge in [-0.2, -0.15) is 0 Å². The zero-order valence-electron chi connectivity index (χ0n) is 9.31. The lowest BCUT2D eigenvalue weighted by molar-refractivity contribution is 0.0914. The summed E-state index contributed by atoms with van der Waals surface area (Å²) in [4.78, 5) is 11.8. The van der Waals surface area contributed by atoms with Crippen molar-refractivity contribution in [3.8, 4) is 0 Å². The Balaban J connectivity index is 2.09. The van der Waals surface area contributed by atoms with Crippen LogP contribution < -0.4 is 11.1 Å². The number of rotatable bonds is 4. The second-order valence-electron chi connectivity index (χ2n) is 4.36. The third-order valence-corrected chi connectivity index (χ3v) is 2.60. The molecule has 1 amide bonds. The van der Waals surface area contributed by atoms with Gasteiger partial charge in [-0.1, -0.05) is 0 Å². The van der Waals surface area contributed by atoms with Crippen LogP contribution >= 0.6 is 0 Å². The predicted molar refractivity (Wildman–Crippen MR) is 61.1 cm³/mol. The molecule has 0 aliphatic heterocycles. The SMILES string of the molecule is CC(O)CNC(=O)c1cc(N)cn1C1CC1. The number of carbonyl (C=O) groups is 1. The number of hydrogen-bond donors (Lipinski definition) is 3. The van der Waals surface area contributed by atoms with E-state index in [2.05, 4.69) is 5.32 Å². The minimum absolute atomic E-state index is 0.176. The summed E-state index contributed by atoms with van der Waals surface area (Å²) in [6.07, 6.45) is 3.47. The summed E-state index contributed by atoms with van der Waals surface area (Å²) in [7, 11) is 0. The number of aliphatic hydroxyl groups excluding tert-OH is 1. The molecule has 5 heteroatoms. The van der Waals surface area contributed by atoms with Crippen LogP contribution in [-0.2, 0) is 0 Å². The van der Waals surface area contributed by atoms with Gasteiger partial charge in [0.15, 0.2) is 0 Å². The fraction of sp³-hybridized carbons (Fsp3) is 0.545. The van der Waals surface area contributed by atoms with Gasteiger partial charge in [0.25, 0.3) is 5.91 Å². The smallest absolute Gasteiger partial charge is 0.268 e. The summed E-state index contributed by atoms with van der Waals surface area (Å²) in [5, 5.41) is 11.8. The van der Waals surface area contributed by atoms with E-state index in [9.17, 15) is 4.79 Å². The lowest BCUT2D eigenvalue weighted by Gasteiger charge is -2.09. The minimum atomic E-state index is -0.536. The van der Waals surface area contributed by atoms with Crippen LogP contribution in [0.25, 0.3) is 0 Å². The van der Waals surface area contributed by atoms with Crippen molar-refractivity contribution in [3.63, 3.8) is 0 Å². The lowest BCUT2D eigenvalue weighted by atomic mass is 10.3. The van der Waals surface area contributed by atoms with E-state index in [0.717, 1.165) is 12.8 Å². The summed E-state index contributed by atoms with van der Waals surface area (Å²) in [5.41, 5.74) is 6.88. The lowest BCUT2D eigenvalue weighted by Crippen LogP contribution is -2.31. The second-order valence-corrected chi connectivity index (χ2v) is 4.36. The molecule has 16 heavy (non-hydrogen) atoms. The fourth-order valence-electron chi connectivity index (χ4n) is 1.67. The number of hydrogen-bond acceptors (Lipinski definition) is 3. The Kier molecular flexibility index (Phi) is 2.87. The van der Waals surface area contributed by atoms with Gasteiger partial charge in [0.05, 0.1) is 11.8 Å². The maximum absolute atomic E-state index is 11.8. The molecule has 1 saturated carbocycles. The molecule has 4 N–H and O–H groups in total. The van der Waals surface area contributed by atoms with Crippen LogP contribution in [0.2, 0.25) is 0 Å². The number of amides is 1. The molecule has 1 aliphatic rings. The van der Waals surface area contributed by atoms with E-state index in [0.29, 0.717) is 17.4 Å². The monoisotopic (exact) mass is 223 g/mol. The molecular formula is C11H17N3O2. The third kappa shape index (κ3) is 2.36. The summed E-state index contributed by atoms with van der Waals surface area (Å²) >= 11 is 0. The molecule has 0 aromatic carbocycles. The van der Waals surface area contributed by atoms with Crippen LogP contribution in [0, 0.1) is 0 Å². The first-order valence-electron chi connectivity index (χ1n) is 5.51. The molecule has 1 aromatic rings. The molecule has 0 bridgehead atoms. The molecule has 1 heterocycles. The topological polar surface area (TPSA) is 80.3 Å². The quantitative estimate of drug-likeness (QED) is 0.696. The number of nitrogens with zero attached hydrogens (tertiary/aromatic N) is 1. The van der Waals surface area contributed by atoms with Crippen LogP contribution in [0.3, 0.4) is 0 Å². The van der Waals surface area contributed by atoms with Crippen molar-refractivity contribution >= 4 is 11.6 Å². The zero-order valence-corrected chi connectivity index (χ0v) is 9.31. The van der Waals surface area contributed by atoms with E-state index >= 15 is 0 Å². The van der Waals surface area contributed by atoms with E-state index < -0.39 is 6.10 Å². The first-order chi connectivity index (χ1) is 7.58. The standard InChI is InChI=1S/C11H17N3O2/c1-7(15)5-13-11(16)10-4-8(12)6-14(10)9-2-3-9/h4,6-7,9,15H,2-3,5,12H2,1H3,(H,13,16). The summed E-state index contributed by atoms with van der Waals surface area (Å²) in [5.74, 6) is -0.176. The van der Waals surface area contributed by atoms with Crippen LogP contribution in [0.4, 0.5) is 5.69 Å². The average molecular weight is 223 g/mol. The highest BCUT2D eigenvalue weighted by molar-refractivity contribution is 5.93. The molecule has 1 unspecified atom stereocenters. The van der Waals surface area contributed by atoms with Crippen molar-refractivity contribution in [2.45, 2.75) is 31.9 Å². The van der Waals surface area contributed by atoms with E-state index in [-0.39, 0.29) is 12.5 Å². The van der Waals surface area contributed by atoms with Crippen molar-refractivity contribution in [1.82, 2.24) is 9.88 Å². The van der Waals surface area contributed by atoms with Crippen LogP contribution in [0.15, 0.2) is 12.3 Å². The highest BCUT2D eigenvalue weighted by Gasteiger charge is 2.27. The van der Waals surface area contributed by atoms with E-state index in [1.165, 1.54) is 0 Å². The van der Waals surface area contributed by atoms with Crippen molar-refractivity contribution < 1.29 is 9.90 Å². The van der Waals surface area contributed by atoms with Gasteiger partial charge in [-0.25, -0.2) is 0 Å². The van der Waals surface area contributed by atoms with E-state index in [1.54, 1.807) is 19.2 Å². The number of nitrogens with two attached hydrogens (primary N) is 1. The first kappa shape index (κ1) is 11.0. The summed E-state index contributed by atoms with van der Waals surface area (Å²) < 4.78 is 1.92. The highest BCUT2D eigenvalue weighted by Crippen LogP contribution is 2.37. The maximum Gasteiger partial charge on any atom is 0.268 e. The Labute approximate surface area is 94.2 Å². The van der Waals surface area contributed by atoms with Crippen molar-refractivity contribution in [3.05, 3.63) is 18.0 Å². The third-order valence-electron chi connectivity index (χ3n) is 2.60. The average Bonchev–Trinajstić information content (AvgIpc) is 2.98. The molecule has 1 aliphatic carbocycles. The van der Waals surface area contributed by atoms with Gasteiger partial charge in [-0.3, -0.25) is 4.79 Å². The molecule has 1 fully saturated rings. The highest BCUT2D eigenvalue weighted by atomic mass is 16.3. The molecule has 0 radical (unpaired) electrons. The van der Waals surface area contributed by atoms with Gasteiger partial charge in [0.2, 0.25) is 0 Å². The number of anilines is 1. The molecule has 0 saturated heterocycles. The molecule has 1 aromatic heterocycles. The Morgan fingerprint density at radius 3 is 3.00 bits per heavy atom. The Hall–Kier alpha value is -1.49. The van der Waals surface area contributed by atoms with Crippen molar-refractivity contribution in [2.24, 2.45) is 0 Å². The fourth-order valence-corrected chi connectivity index (χ4v) is 1.67. The zero-order chi connectivity index (χ0) is 11.7. The Bertz CT molecular complexity index is 394. The molecule has 88 valence electrons. The van der Waals surface area contributed by atoms with Gasteiger partial charge < -0.3 is 20.7 Å². The maximum atomic E-state index is 11.8. The number of aliphatic hydroxyl groups is 1. The molecular weight excluding hydrogens is 206 g/mol. The van der Waals surface area contributed by atoms with Gasteiger partial charge in [0.1, 0.15) is 5.69 Å². The molecule has 1 atom stereocenters. The van der Waals surface area contributed by atoms with Gasteiger partial charge in [-0.05, 0) is 25.8 Å². The minimum Gasteiger partial charge on any atom is -0.397 e.